The van der Waals surface area contributed by atoms with Crippen molar-refractivity contribution < 1.29 is 17.9 Å². The summed E-state index contributed by atoms with van der Waals surface area (Å²) in [5, 5.41) is 0. The third kappa shape index (κ3) is 4.93. The molecule has 3 nitrogen and oxygen atoms in total. The van der Waals surface area contributed by atoms with Crippen molar-refractivity contribution in [2.45, 2.75) is 51.2 Å². The first kappa shape index (κ1) is 20.2. The fraction of sp³-hybridized carbons (Fsp3) is 0.478. The van der Waals surface area contributed by atoms with Crippen molar-refractivity contribution in [3.8, 4) is 5.75 Å². The van der Waals surface area contributed by atoms with Crippen LogP contribution in [0.4, 0.5) is 13.2 Å². The number of aryl methyl sites for hydroxylation is 1. The molecule has 0 aliphatic carbocycles. The van der Waals surface area contributed by atoms with Crippen LogP contribution in [0.15, 0.2) is 48.5 Å². The lowest BCUT2D eigenvalue weighted by molar-refractivity contribution is -0.275. The molecule has 0 N–H and O–H groups in total. The summed E-state index contributed by atoms with van der Waals surface area (Å²) in [6.45, 7) is 5.73. The quantitative estimate of drug-likeness (QED) is 0.649. The standard InChI is InChI=1S/C23H27F3N2O/c1-17-7-6-9-18(13-17)21-14-20(16-27-11-4-5-12-27)28(21)15-19-8-2-3-10-22(19)29-23(24,25)26/h2-3,6-10,13,20-21H,4-5,11-12,14-16H2,1H3. The second-order valence-electron chi connectivity index (χ2n) is 8.16. The van der Waals surface area contributed by atoms with Crippen molar-refractivity contribution >= 4 is 0 Å². The van der Waals surface area contributed by atoms with Crippen LogP contribution in [-0.4, -0.2) is 41.8 Å². The van der Waals surface area contributed by atoms with Crippen LogP contribution in [0.2, 0.25) is 0 Å². The second kappa shape index (κ2) is 8.36. The van der Waals surface area contributed by atoms with Crippen LogP contribution in [0.3, 0.4) is 0 Å². The number of rotatable bonds is 6. The minimum Gasteiger partial charge on any atom is -0.405 e. The fourth-order valence-electron chi connectivity index (χ4n) is 4.59. The SMILES string of the molecule is Cc1cccc(C2CC(CN3CCCC3)N2Cc2ccccc2OC(F)(F)F)c1. The van der Waals surface area contributed by atoms with E-state index < -0.39 is 6.36 Å². The smallest absolute Gasteiger partial charge is 0.405 e. The van der Waals surface area contributed by atoms with E-state index in [0.29, 0.717) is 18.2 Å². The van der Waals surface area contributed by atoms with Gasteiger partial charge in [-0.1, -0.05) is 48.0 Å². The van der Waals surface area contributed by atoms with Crippen molar-refractivity contribution in [2.24, 2.45) is 0 Å². The summed E-state index contributed by atoms with van der Waals surface area (Å²) >= 11 is 0. The molecule has 2 atom stereocenters. The molecule has 0 saturated carbocycles. The molecule has 0 aromatic heterocycles. The van der Waals surface area contributed by atoms with Gasteiger partial charge >= 0.3 is 6.36 Å². The molecule has 2 fully saturated rings. The summed E-state index contributed by atoms with van der Waals surface area (Å²) < 4.78 is 42.8. The summed E-state index contributed by atoms with van der Waals surface area (Å²) in [5.74, 6) is -0.102. The van der Waals surface area contributed by atoms with E-state index in [4.69, 9.17) is 0 Å². The predicted molar refractivity (Wildman–Crippen MR) is 107 cm³/mol. The molecule has 156 valence electrons. The number of hydrogen-bond acceptors (Lipinski definition) is 3. The number of hydrogen-bond donors (Lipinski definition) is 0. The minimum absolute atomic E-state index is 0.102. The maximum Gasteiger partial charge on any atom is 0.573 e. The molecule has 2 unspecified atom stereocenters. The van der Waals surface area contributed by atoms with Crippen LogP contribution in [0.1, 0.15) is 42.0 Å². The van der Waals surface area contributed by atoms with Crippen LogP contribution >= 0.6 is 0 Å². The minimum atomic E-state index is -4.68. The summed E-state index contributed by atoms with van der Waals surface area (Å²) in [6, 6.07) is 15.5. The zero-order valence-corrected chi connectivity index (χ0v) is 16.7. The van der Waals surface area contributed by atoms with Gasteiger partial charge in [0, 0.05) is 30.7 Å². The lowest BCUT2D eigenvalue weighted by atomic mass is 9.85. The second-order valence-corrected chi connectivity index (χ2v) is 8.16. The average molecular weight is 404 g/mol. The number of halogens is 3. The Morgan fingerprint density at radius 1 is 1.03 bits per heavy atom. The zero-order chi connectivity index (χ0) is 20.4. The van der Waals surface area contributed by atoms with Gasteiger partial charge in [0.15, 0.2) is 0 Å². The Morgan fingerprint density at radius 3 is 2.52 bits per heavy atom. The predicted octanol–water partition coefficient (Wildman–Crippen LogP) is 5.31. The molecule has 0 bridgehead atoms. The average Bonchev–Trinajstić information content (AvgIpc) is 3.16. The third-order valence-corrected chi connectivity index (χ3v) is 6.01. The van der Waals surface area contributed by atoms with E-state index >= 15 is 0 Å². The van der Waals surface area contributed by atoms with Gasteiger partial charge in [-0.3, -0.25) is 4.90 Å². The first-order chi connectivity index (χ1) is 13.9. The Bertz CT molecular complexity index is 833. The van der Waals surface area contributed by atoms with E-state index in [1.807, 2.05) is 0 Å². The molecule has 2 aliphatic rings. The highest BCUT2D eigenvalue weighted by molar-refractivity contribution is 5.35. The first-order valence-corrected chi connectivity index (χ1v) is 10.3. The van der Waals surface area contributed by atoms with Gasteiger partial charge < -0.3 is 9.64 Å². The van der Waals surface area contributed by atoms with Gasteiger partial charge in [0.2, 0.25) is 0 Å². The molecular formula is C23H27F3N2O. The lowest BCUT2D eigenvalue weighted by Crippen LogP contribution is -2.54. The summed E-state index contributed by atoms with van der Waals surface area (Å²) in [5.41, 5.74) is 3.01. The van der Waals surface area contributed by atoms with Crippen molar-refractivity contribution in [3.05, 3.63) is 65.2 Å². The molecule has 0 amide bonds. The van der Waals surface area contributed by atoms with E-state index in [2.05, 4.69) is 45.7 Å². The van der Waals surface area contributed by atoms with Crippen LogP contribution in [0.25, 0.3) is 0 Å². The van der Waals surface area contributed by atoms with Crippen LogP contribution in [0, 0.1) is 6.92 Å². The number of likely N-dealkylation sites (tertiary alicyclic amines) is 2. The third-order valence-electron chi connectivity index (χ3n) is 6.01. The Balaban J connectivity index is 1.56. The summed E-state index contributed by atoms with van der Waals surface area (Å²) in [6.07, 6.45) is -1.19. The highest BCUT2D eigenvalue weighted by Gasteiger charge is 2.41. The largest absolute Gasteiger partial charge is 0.573 e. The van der Waals surface area contributed by atoms with Gasteiger partial charge in [-0.25, -0.2) is 0 Å². The normalized spacial score (nSPS) is 23.2. The van der Waals surface area contributed by atoms with Crippen LogP contribution in [-0.2, 0) is 6.54 Å². The molecule has 29 heavy (non-hydrogen) atoms. The van der Waals surface area contributed by atoms with Crippen molar-refractivity contribution in [2.75, 3.05) is 19.6 Å². The van der Waals surface area contributed by atoms with E-state index in [-0.39, 0.29) is 11.8 Å². The molecule has 6 heteroatoms. The van der Waals surface area contributed by atoms with Gasteiger partial charge in [-0.05, 0) is 50.9 Å². The number of para-hydroxylation sites is 1. The van der Waals surface area contributed by atoms with Crippen molar-refractivity contribution in [3.63, 3.8) is 0 Å². The van der Waals surface area contributed by atoms with E-state index in [1.54, 1.807) is 18.2 Å². The molecule has 0 radical (unpaired) electrons. The lowest BCUT2D eigenvalue weighted by Gasteiger charge is -2.50. The Labute approximate surface area is 170 Å². The molecule has 4 rings (SSSR count). The van der Waals surface area contributed by atoms with E-state index in [1.165, 1.54) is 30.0 Å². The highest BCUT2D eigenvalue weighted by Crippen LogP contribution is 2.42. The monoisotopic (exact) mass is 404 g/mol. The Kier molecular flexibility index (Phi) is 5.83. The van der Waals surface area contributed by atoms with Crippen molar-refractivity contribution in [1.82, 2.24) is 9.80 Å². The maximum atomic E-state index is 12.8. The Morgan fingerprint density at radius 2 is 1.79 bits per heavy atom. The number of nitrogens with zero attached hydrogens (tertiary/aromatic N) is 2. The van der Waals surface area contributed by atoms with E-state index in [9.17, 15) is 13.2 Å². The molecule has 2 saturated heterocycles. The number of benzene rings is 2. The molecule has 0 spiro atoms. The first-order valence-electron chi connectivity index (χ1n) is 10.3. The number of ether oxygens (including phenoxy) is 1. The zero-order valence-electron chi connectivity index (χ0n) is 16.7. The van der Waals surface area contributed by atoms with Crippen molar-refractivity contribution in [1.29, 1.82) is 0 Å². The Hall–Kier alpha value is -2.05. The van der Waals surface area contributed by atoms with Crippen LogP contribution in [0.5, 0.6) is 5.75 Å². The topological polar surface area (TPSA) is 15.7 Å². The highest BCUT2D eigenvalue weighted by atomic mass is 19.4. The van der Waals surface area contributed by atoms with Crippen LogP contribution < -0.4 is 4.74 Å². The molecule has 2 aromatic rings. The molecular weight excluding hydrogens is 377 g/mol. The van der Waals surface area contributed by atoms with Gasteiger partial charge in [-0.15, -0.1) is 13.2 Å². The van der Waals surface area contributed by atoms with Gasteiger partial charge in [0.1, 0.15) is 5.75 Å². The van der Waals surface area contributed by atoms with Gasteiger partial charge in [0.05, 0.1) is 0 Å². The number of alkyl halides is 3. The molecule has 2 heterocycles. The summed E-state index contributed by atoms with van der Waals surface area (Å²) in [4.78, 5) is 4.81. The summed E-state index contributed by atoms with van der Waals surface area (Å²) in [7, 11) is 0. The molecule has 2 aromatic carbocycles. The maximum absolute atomic E-state index is 12.8. The van der Waals surface area contributed by atoms with Gasteiger partial charge in [0.25, 0.3) is 0 Å². The van der Waals surface area contributed by atoms with Gasteiger partial charge in [-0.2, -0.15) is 0 Å². The fourth-order valence-corrected chi connectivity index (χ4v) is 4.59. The molecule has 2 aliphatic heterocycles. The van der Waals surface area contributed by atoms with E-state index in [0.717, 1.165) is 26.1 Å².